The minimum absolute atomic E-state index is 0.194. The number of benzene rings is 2. The van der Waals surface area contributed by atoms with Gasteiger partial charge in [-0.2, -0.15) is 0 Å². The molecule has 0 saturated carbocycles. The number of hydrogen-bond donors (Lipinski definition) is 1. The summed E-state index contributed by atoms with van der Waals surface area (Å²) in [6.07, 6.45) is 0. The number of ether oxygens (including phenoxy) is 1. The number of methoxy groups -OCH3 is 1. The Morgan fingerprint density at radius 2 is 1.74 bits per heavy atom. The molecule has 0 aliphatic carbocycles. The van der Waals surface area contributed by atoms with Crippen LogP contribution in [-0.4, -0.2) is 13.0 Å². The maximum Gasteiger partial charge on any atom is 0.255 e. The van der Waals surface area contributed by atoms with E-state index in [0.717, 1.165) is 12.1 Å². The van der Waals surface area contributed by atoms with Gasteiger partial charge in [-0.25, -0.2) is 8.78 Å². The molecule has 0 aliphatic heterocycles. The molecule has 0 radical (unpaired) electrons. The summed E-state index contributed by atoms with van der Waals surface area (Å²) in [7, 11) is 1.52. The van der Waals surface area contributed by atoms with E-state index in [1.54, 1.807) is 24.3 Å². The number of carbonyl (C=O) groups is 1. The van der Waals surface area contributed by atoms with E-state index in [1.807, 2.05) is 0 Å². The summed E-state index contributed by atoms with van der Waals surface area (Å²) < 4.78 is 30.7. The Morgan fingerprint density at radius 3 is 2.32 bits per heavy atom. The summed E-state index contributed by atoms with van der Waals surface area (Å²) in [5.41, 5.74) is 0.588. The van der Waals surface area contributed by atoms with Crippen molar-refractivity contribution in [1.82, 2.24) is 0 Å². The molecule has 3 nitrogen and oxygen atoms in total. The van der Waals surface area contributed by atoms with Crippen molar-refractivity contribution in [3.8, 4) is 5.75 Å². The van der Waals surface area contributed by atoms with E-state index in [2.05, 4.69) is 5.32 Å². The first-order valence-corrected chi connectivity index (χ1v) is 5.50. The lowest BCUT2D eigenvalue weighted by atomic mass is 10.2. The third kappa shape index (κ3) is 3.07. The van der Waals surface area contributed by atoms with Crippen LogP contribution in [0.5, 0.6) is 5.75 Å². The molecule has 0 fully saturated rings. The van der Waals surface area contributed by atoms with Crippen LogP contribution in [0.25, 0.3) is 0 Å². The predicted octanol–water partition coefficient (Wildman–Crippen LogP) is 3.23. The van der Waals surface area contributed by atoms with Crippen LogP contribution in [0.1, 0.15) is 10.4 Å². The molecule has 98 valence electrons. The van der Waals surface area contributed by atoms with Crippen molar-refractivity contribution in [1.29, 1.82) is 0 Å². The Bertz CT molecular complexity index is 597. The summed E-state index contributed by atoms with van der Waals surface area (Å²) in [5.74, 6) is -1.74. The topological polar surface area (TPSA) is 38.3 Å². The minimum atomic E-state index is -1.01. The van der Waals surface area contributed by atoms with Crippen LogP contribution in [0.4, 0.5) is 14.5 Å². The number of carbonyl (C=O) groups excluding carboxylic acids is 1. The molecule has 1 amide bonds. The normalized spacial score (nSPS) is 10.1. The number of rotatable bonds is 3. The molecule has 0 saturated heterocycles. The molecule has 2 rings (SSSR count). The van der Waals surface area contributed by atoms with E-state index < -0.39 is 17.5 Å². The van der Waals surface area contributed by atoms with E-state index in [4.69, 9.17) is 4.74 Å². The summed E-state index contributed by atoms with van der Waals surface area (Å²) in [6, 6.07) is 9.61. The zero-order valence-corrected chi connectivity index (χ0v) is 10.1. The molecule has 0 atom stereocenters. The number of amides is 1. The van der Waals surface area contributed by atoms with Gasteiger partial charge in [0.25, 0.3) is 5.91 Å². The van der Waals surface area contributed by atoms with Gasteiger partial charge >= 0.3 is 0 Å². The molecule has 2 aromatic carbocycles. The van der Waals surface area contributed by atoms with Crippen LogP contribution in [0.2, 0.25) is 0 Å². The Morgan fingerprint density at radius 1 is 1.05 bits per heavy atom. The van der Waals surface area contributed by atoms with E-state index in [-0.39, 0.29) is 5.69 Å². The number of halogens is 2. The van der Waals surface area contributed by atoms with Gasteiger partial charge < -0.3 is 10.1 Å². The van der Waals surface area contributed by atoms with Gasteiger partial charge in [-0.3, -0.25) is 4.79 Å². The maximum absolute atomic E-state index is 13.0. The largest absolute Gasteiger partial charge is 0.497 e. The summed E-state index contributed by atoms with van der Waals surface area (Å²) in [6.45, 7) is 0. The van der Waals surface area contributed by atoms with Crippen molar-refractivity contribution in [2.75, 3.05) is 12.4 Å². The van der Waals surface area contributed by atoms with Crippen LogP contribution in [-0.2, 0) is 0 Å². The first-order chi connectivity index (χ1) is 9.10. The Hall–Kier alpha value is -2.43. The minimum Gasteiger partial charge on any atom is -0.497 e. The molecular weight excluding hydrogens is 252 g/mol. The number of nitrogens with one attached hydrogen (secondary N) is 1. The lowest BCUT2D eigenvalue weighted by molar-refractivity contribution is 0.102. The highest BCUT2D eigenvalue weighted by molar-refractivity contribution is 6.04. The molecule has 2 aromatic rings. The first-order valence-electron chi connectivity index (χ1n) is 5.50. The van der Waals surface area contributed by atoms with Crippen molar-refractivity contribution in [2.24, 2.45) is 0 Å². The molecule has 5 heteroatoms. The van der Waals surface area contributed by atoms with Gasteiger partial charge in [0, 0.05) is 17.3 Å². The lowest BCUT2D eigenvalue weighted by Gasteiger charge is -2.06. The lowest BCUT2D eigenvalue weighted by Crippen LogP contribution is -2.12. The van der Waals surface area contributed by atoms with Crippen LogP contribution in [0.15, 0.2) is 42.5 Å². The fraction of sp³-hybridized carbons (Fsp3) is 0.0714. The molecule has 0 heterocycles. The second-order valence-corrected chi connectivity index (χ2v) is 3.81. The fourth-order valence-electron chi connectivity index (χ4n) is 1.52. The molecule has 19 heavy (non-hydrogen) atoms. The van der Waals surface area contributed by atoms with Crippen molar-refractivity contribution in [3.05, 3.63) is 59.7 Å². The quantitative estimate of drug-likeness (QED) is 0.923. The summed E-state index contributed by atoms with van der Waals surface area (Å²) in [4.78, 5) is 11.8. The molecule has 0 aromatic heterocycles. The highest BCUT2D eigenvalue weighted by atomic mass is 19.2. The molecule has 0 spiro atoms. The maximum atomic E-state index is 13.0. The molecule has 1 N–H and O–H groups in total. The van der Waals surface area contributed by atoms with Crippen LogP contribution in [0.3, 0.4) is 0 Å². The molecule has 0 aliphatic rings. The molecule has 0 unspecified atom stereocenters. The zero-order chi connectivity index (χ0) is 13.8. The summed E-state index contributed by atoms with van der Waals surface area (Å²) >= 11 is 0. The van der Waals surface area contributed by atoms with Crippen LogP contribution in [0, 0.1) is 11.6 Å². The van der Waals surface area contributed by atoms with Crippen molar-refractivity contribution in [2.45, 2.75) is 0 Å². The number of anilines is 1. The van der Waals surface area contributed by atoms with Gasteiger partial charge in [-0.05, 0) is 36.4 Å². The summed E-state index contributed by atoms with van der Waals surface area (Å²) in [5, 5.41) is 2.48. The Kier molecular flexibility index (Phi) is 3.75. The van der Waals surface area contributed by atoms with E-state index in [0.29, 0.717) is 11.3 Å². The highest BCUT2D eigenvalue weighted by Crippen LogP contribution is 2.16. The standard InChI is InChI=1S/C14H11F2NO2/c1-19-11-5-2-9(3-6-11)14(18)17-10-4-7-12(15)13(16)8-10/h2-8H,1H3,(H,17,18). The van der Waals surface area contributed by atoms with Gasteiger partial charge in [0.1, 0.15) is 5.75 Å². The van der Waals surface area contributed by atoms with Gasteiger partial charge in [0.15, 0.2) is 11.6 Å². The van der Waals surface area contributed by atoms with Crippen molar-refractivity contribution >= 4 is 11.6 Å². The zero-order valence-electron chi connectivity index (χ0n) is 10.1. The average molecular weight is 263 g/mol. The number of hydrogen-bond acceptors (Lipinski definition) is 2. The van der Waals surface area contributed by atoms with Crippen LogP contribution < -0.4 is 10.1 Å². The van der Waals surface area contributed by atoms with Gasteiger partial charge in [-0.1, -0.05) is 0 Å². The second kappa shape index (κ2) is 5.48. The Labute approximate surface area is 108 Å². The van der Waals surface area contributed by atoms with Crippen LogP contribution >= 0.6 is 0 Å². The SMILES string of the molecule is COc1ccc(C(=O)Nc2ccc(F)c(F)c2)cc1. The fourth-order valence-corrected chi connectivity index (χ4v) is 1.52. The smallest absolute Gasteiger partial charge is 0.255 e. The molecule has 0 bridgehead atoms. The van der Waals surface area contributed by atoms with E-state index in [1.165, 1.54) is 13.2 Å². The van der Waals surface area contributed by atoms with E-state index >= 15 is 0 Å². The molecular formula is C14H11F2NO2. The van der Waals surface area contributed by atoms with Crippen molar-refractivity contribution < 1.29 is 18.3 Å². The van der Waals surface area contributed by atoms with Gasteiger partial charge in [0.2, 0.25) is 0 Å². The average Bonchev–Trinajstić information content (AvgIpc) is 2.43. The highest BCUT2D eigenvalue weighted by Gasteiger charge is 2.08. The third-order valence-corrected chi connectivity index (χ3v) is 2.53. The van der Waals surface area contributed by atoms with Gasteiger partial charge in [-0.15, -0.1) is 0 Å². The predicted molar refractivity (Wildman–Crippen MR) is 67.3 cm³/mol. The third-order valence-electron chi connectivity index (χ3n) is 2.53. The Balaban J connectivity index is 2.13. The monoisotopic (exact) mass is 263 g/mol. The van der Waals surface area contributed by atoms with Crippen molar-refractivity contribution in [3.63, 3.8) is 0 Å². The first kappa shape index (κ1) is 13.0. The van der Waals surface area contributed by atoms with E-state index in [9.17, 15) is 13.6 Å². The van der Waals surface area contributed by atoms with Gasteiger partial charge in [0.05, 0.1) is 7.11 Å². The second-order valence-electron chi connectivity index (χ2n) is 3.81.